The van der Waals surface area contributed by atoms with Gasteiger partial charge in [-0.15, -0.1) is 0 Å². The fraction of sp³-hybridized carbons (Fsp3) is 0.118. The largest absolute Gasteiger partial charge is 0.319 e. The molecule has 1 amide bonds. The van der Waals surface area contributed by atoms with Crippen LogP contribution in [0.15, 0.2) is 53.6 Å². The molecule has 0 spiro atoms. The van der Waals surface area contributed by atoms with Crippen molar-refractivity contribution >= 4 is 28.8 Å². The summed E-state index contributed by atoms with van der Waals surface area (Å²) in [4.78, 5) is 26.7. The molecule has 0 aliphatic heterocycles. The molecule has 0 aliphatic carbocycles. The van der Waals surface area contributed by atoms with Crippen LogP contribution >= 0.6 is 0 Å². The Balaban J connectivity index is 1.67. The van der Waals surface area contributed by atoms with Crippen LogP contribution in [0.25, 0.3) is 11.0 Å². The zero-order valence-corrected chi connectivity index (χ0v) is 13.4. The molecule has 126 valence electrons. The number of fused-ring (bicyclic) bond motifs is 1. The number of nitrogens with one attached hydrogen (secondary N) is 1. The Labute approximate surface area is 142 Å². The molecular formula is C17H15N5O3. The summed E-state index contributed by atoms with van der Waals surface area (Å²) in [6, 6.07) is 13.6. The summed E-state index contributed by atoms with van der Waals surface area (Å²) in [7, 11) is 0. The lowest BCUT2D eigenvalue weighted by Gasteiger charge is -2.05. The van der Waals surface area contributed by atoms with E-state index in [1.165, 1.54) is 18.3 Å². The second kappa shape index (κ2) is 6.91. The Hall–Kier alpha value is -3.55. The standard InChI is InChI=1S/C17H15N5O3/c1-12-19-15-7-2-3-8-16(15)21(12)11-17(23)20-18-10-13-5-4-6-14(9-13)22(24)25/h2-10H,11H2,1H3,(H,20,23)/b18-10+. The zero-order valence-electron chi connectivity index (χ0n) is 13.4. The molecule has 25 heavy (non-hydrogen) atoms. The van der Waals surface area contributed by atoms with E-state index in [4.69, 9.17) is 0 Å². The first-order valence-corrected chi connectivity index (χ1v) is 7.53. The molecule has 0 radical (unpaired) electrons. The van der Waals surface area contributed by atoms with Gasteiger partial charge in [0.15, 0.2) is 0 Å². The first kappa shape index (κ1) is 16.3. The number of non-ortho nitro benzene ring substituents is 1. The van der Waals surface area contributed by atoms with E-state index in [0.717, 1.165) is 16.9 Å². The minimum atomic E-state index is -0.483. The summed E-state index contributed by atoms with van der Waals surface area (Å²) in [6.45, 7) is 1.91. The molecule has 0 unspecified atom stereocenters. The zero-order chi connectivity index (χ0) is 17.8. The quantitative estimate of drug-likeness (QED) is 0.439. The number of nitrogens with zero attached hydrogens (tertiary/aromatic N) is 4. The molecule has 0 fully saturated rings. The van der Waals surface area contributed by atoms with Crippen molar-refractivity contribution in [3.8, 4) is 0 Å². The predicted octanol–water partition coefficient (Wildman–Crippen LogP) is 2.40. The number of benzene rings is 2. The number of rotatable bonds is 5. The Morgan fingerprint density at radius 3 is 2.92 bits per heavy atom. The lowest BCUT2D eigenvalue weighted by Crippen LogP contribution is -2.23. The van der Waals surface area contributed by atoms with Gasteiger partial charge in [0.05, 0.1) is 22.2 Å². The van der Waals surface area contributed by atoms with Crippen LogP contribution < -0.4 is 5.43 Å². The second-order valence-electron chi connectivity index (χ2n) is 5.38. The highest BCUT2D eigenvalue weighted by Crippen LogP contribution is 2.15. The maximum atomic E-state index is 12.1. The van der Waals surface area contributed by atoms with Crippen molar-refractivity contribution in [1.29, 1.82) is 0 Å². The highest BCUT2D eigenvalue weighted by atomic mass is 16.6. The Bertz CT molecular complexity index is 977. The van der Waals surface area contributed by atoms with Crippen molar-refractivity contribution in [3.63, 3.8) is 0 Å². The molecule has 2 aromatic carbocycles. The number of aromatic nitrogens is 2. The summed E-state index contributed by atoms with van der Waals surface area (Å²) in [5.41, 5.74) is 4.62. The normalized spacial score (nSPS) is 11.1. The lowest BCUT2D eigenvalue weighted by molar-refractivity contribution is -0.384. The molecular weight excluding hydrogens is 322 g/mol. The van der Waals surface area contributed by atoms with Gasteiger partial charge in [-0.2, -0.15) is 5.10 Å². The van der Waals surface area contributed by atoms with Gasteiger partial charge in [-0.25, -0.2) is 10.4 Å². The van der Waals surface area contributed by atoms with Crippen molar-refractivity contribution in [2.24, 2.45) is 5.10 Å². The summed E-state index contributed by atoms with van der Waals surface area (Å²) in [5.74, 6) is 0.423. The maximum absolute atomic E-state index is 12.1. The summed E-state index contributed by atoms with van der Waals surface area (Å²) in [6.07, 6.45) is 1.36. The van der Waals surface area contributed by atoms with Gasteiger partial charge in [-0.05, 0) is 19.1 Å². The van der Waals surface area contributed by atoms with Crippen LogP contribution in [0, 0.1) is 17.0 Å². The Morgan fingerprint density at radius 1 is 1.32 bits per heavy atom. The van der Waals surface area contributed by atoms with Crippen LogP contribution in [-0.4, -0.2) is 26.6 Å². The molecule has 0 bridgehead atoms. The van der Waals surface area contributed by atoms with E-state index in [1.54, 1.807) is 16.7 Å². The van der Waals surface area contributed by atoms with Gasteiger partial charge in [0.1, 0.15) is 12.4 Å². The molecule has 0 atom stereocenters. The average molecular weight is 337 g/mol. The lowest BCUT2D eigenvalue weighted by atomic mass is 10.2. The number of carbonyl (C=O) groups excluding carboxylic acids is 1. The van der Waals surface area contributed by atoms with E-state index in [2.05, 4.69) is 15.5 Å². The number of hydrogen-bond donors (Lipinski definition) is 1. The number of amides is 1. The molecule has 0 aliphatic rings. The van der Waals surface area contributed by atoms with Gasteiger partial charge in [0.25, 0.3) is 11.6 Å². The van der Waals surface area contributed by atoms with Gasteiger partial charge < -0.3 is 4.57 Å². The van der Waals surface area contributed by atoms with E-state index in [1.807, 2.05) is 31.2 Å². The topological polar surface area (TPSA) is 102 Å². The summed E-state index contributed by atoms with van der Waals surface area (Å²) < 4.78 is 1.80. The van der Waals surface area contributed by atoms with E-state index < -0.39 is 4.92 Å². The van der Waals surface area contributed by atoms with E-state index in [0.29, 0.717) is 5.56 Å². The molecule has 8 heteroatoms. The number of nitro benzene ring substituents is 1. The fourth-order valence-corrected chi connectivity index (χ4v) is 2.47. The van der Waals surface area contributed by atoms with Crippen LogP contribution in [0.2, 0.25) is 0 Å². The van der Waals surface area contributed by atoms with Crippen LogP contribution in [0.1, 0.15) is 11.4 Å². The molecule has 0 saturated carbocycles. The van der Waals surface area contributed by atoms with Crippen molar-refractivity contribution in [3.05, 3.63) is 70.0 Å². The first-order valence-electron chi connectivity index (χ1n) is 7.53. The number of para-hydroxylation sites is 2. The molecule has 3 aromatic rings. The van der Waals surface area contributed by atoms with Gasteiger partial charge >= 0.3 is 0 Å². The Morgan fingerprint density at radius 2 is 2.12 bits per heavy atom. The molecule has 3 rings (SSSR count). The van der Waals surface area contributed by atoms with Gasteiger partial charge in [0.2, 0.25) is 0 Å². The highest BCUT2D eigenvalue weighted by Gasteiger charge is 2.10. The molecule has 1 N–H and O–H groups in total. The number of carbonyl (C=O) groups is 1. The second-order valence-corrected chi connectivity index (χ2v) is 5.38. The van der Waals surface area contributed by atoms with Gasteiger partial charge in [-0.3, -0.25) is 14.9 Å². The van der Waals surface area contributed by atoms with Crippen LogP contribution in [0.4, 0.5) is 5.69 Å². The summed E-state index contributed by atoms with van der Waals surface area (Å²) >= 11 is 0. The third-order valence-electron chi connectivity index (χ3n) is 3.63. The van der Waals surface area contributed by atoms with Crippen molar-refractivity contribution in [2.45, 2.75) is 13.5 Å². The van der Waals surface area contributed by atoms with Crippen LogP contribution in [0.3, 0.4) is 0 Å². The fourth-order valence-electron chi connectivity index (χ4n) is 2.47. The number of nitro groups is 1. The summed E-state index contributed by atoms with van der Waals surface area (Å²) in [5, 5.41) is 14.6. The molecule has 0 saturated heterocycles. The average Bonchev–Trinajstić information content (AvgIpc) is 2.91. The number of hydrogen-bond acceptors (Lipinski definition) is 5. The van der Waals surface area contributed by atoms with E-state index in [-0.39, 0.29) is 18.1 Å². The monoisotopic (exact) mass is 337 g/mol. The number of imidazole rings is 1. The van der Waals surface area contributed by atoms with Gasteiger partial charge in [-0.1, -0.05) is 24.3 Å². The Kier molecular flexibility index (Phi) is 4.51. The van der Waals surface area contributed by atoms with Crippen LogP contribution in [-0.2, 0) is 11.3 Å². The van der Waals surface area contributed by atoms with Gasteiger partial charge in [0, 0.05) is 17.7 Å². The number of hydrazone groups is 1. The first-order chi connectivity index (χ1) is 12.0. The predicted molar refractivity (Wildman–Crippen MR) is 93.3 cm³/mol. The van der Waals surface area contributed by atoms with Crippen molar-refractivity contribution in [2.75, 3.05) is 0 Å². The van der Waals surface area contributed by atoms with Crippen molar-refractivity contribution in [1.82, 2.24) is 15.0 Å². The van der Waals surface area contributed by atoms with Crippen molar-refractivity contribution < 1.29 is 9.72 Å². The van der Waals surface area contributed by atoms with Crippen LogP contribution in [0.5, 0.6) is 0 Å². The smallest absolute Gasteiger partial charge is 0.270 e. The third-order valence-corrected chi connectivity index (χ3v) is 3.63. The third kappa shape index (κ3) is 3.69. The minimum absolute atomic E-state index is 0.0317. The minimum Gasteiger partial charge on any atom is -0.319 e. The number of aryl methyl sites for hydroxylation is 1. The molecule has 8 nitrogen and oxygen atoms in total. The highest BCUT2D eigenvalue weighted by molar-refractivity contribution is 5.84. The van der Waals surface area contributed by atoms with E-state index in [9.17, 15) is 14.9 Å². The maximum Gasteiger partial charge on any atom is 0.270 e. The molecule has 1 aromatic heterocycles. The SMILES string of the molecule is Cc1nc2ccccc2n1CC(=O)N/N=C/c1cccc([N+](=O)[O-])c1. The molecule has 1 heterocycles. The van der Waals surface area contributed by atoms with E-state index >= 15 is 0 Å².